The monoisotopic (exact) mass is 255 g/mol. The van der Waals surface area contributed by atoms with Gasteiger partial charge in [0.25, 0.3) is 5.19 Å². The SMILES string of the molecule is CCOc1nc(I)cs1. The van der Waals surface area contributed by atoms with Gasteiger partial charge in [0, 0.05) is 5.38 Å². The molecule has 0 bridgehead atoms. The van der Waals surface area contributed by atoms with E-state index in [1.165, 1.54) is 11.3 Å². The molecule has 1 aromatic rings. The van der Waals surface area contributed by atoms with Crippen LogP contribution in [0, 0.1) is 3.70 Å². The van der Waals surface area contributed by atoms with E-state index in [0.29, 0.717) is 6.61 Å². The summed E-state index contributed by atoms with van der Waals surface area (Å²) in [4.78, 5) is 4.08. The fraction of sp³-hybridized carbons (Fsp3) is 0.400. The van der Waals surface area contributed by atoms with Crippen LogP contribution in [-0.4, -0.2) is 11.6 Å². The van der Waals surface area contributed by atoms with Crippen LogP contribution >= 0.6 is 33.9 Å². The number of halogens is 1. The summed E-state index contributed by atoms with van der Waals surface area (Å²) in [6.45, 7) is 2.65. The van der Waals surface area contributed by atoms with Gasteiger partial charge >= 0.3 is 0 Å². The van der Waals surface area contributed by atoms with Crippen molar-refractivity contribution in [3.8, 4) is 5.19 Å². The molecule has 0 N–H and O–H groups in total. The molecule has 0 saturated carbocycles. The van der Waals surface area contributed by atoms with Crippen LogP contribution in [0.5, 0.6) is 5.19 Å². The third-order valence-electron chi connectivity index (χ3n) is 0.723. The van der Waals surface area contributed by atoms with Gasteiger partial charge in [0.05, 0.1) is 6.61 Å². The number of hydrogen-bond donors (Lipinski definition) is 0. The van der Waals surface area contributed by atoms with E-state index in [1.54, 1.807) is 0 Å². The van der Waals surface area contributed by atoms with Crippen molar-refractivity contribution in [3.05, 3.63) is 9.08 Å². The zero-order valence-corrected chi connectivity index (χ0v) is 7.90. The van der Waals surface area contributed by atoms with Crippen LogP contribution < -0.4 is 4.74 Å². The highest BCUT2D eigenvalue weighted by Gasteiger charge is 1.96. The molecule has 0 aliphatic heterocycles. The van der Waals surface area contributed by atoms with Gasteiger partial charge < -0.3 is 4.74 Å². The summed E-state index contributed by atoms with van der Waals surface area (Å²) in [5, 5.41) is 2.73. The van der Waals surface area contributed by atoms with E-state index in [2.05, 4.69) is 27.6 Å². The largest absolute Gasteiger partial charge is 0.470 e. The average molecular weight is 255 g/mol. The van der Waals surface area contributed by atoms with E-state index < -0.39 is 0 Å². The lowest BCUT2D eigenvalue weighted by molar-refractivity contribution is 0.338. The normalized spacial score (nSPS) is 9.56. The van der Waals surface area contributed by atoms with Crippen LogP contribution in [0.3, 0.4) is 0 Å². The van der Waals surface area contributed by atoms with Gasteiger partial charge in [0.1, 0.15) is 3.70 Å². The van der Waals surface area contributed by atoms with Crippen LogP contribution in [0.15, 0.2) is 5.38 Å². The van der Waals surface area contributed by atoms with Gasteiger partial charge in [-0.05, 0) is 29.5 Å². The predicted octanol–water partition coefficient (Wildman–Crippen LogP) is 2.15. The minimum absolute atomic E-state index is 0.698. The van der Waals surface area contributed by atoms with E-state index >= 15 is 0 Å². The van der Waals surface area contributed by atoms with Crippen molar-refractivity contribution in [3.63, 3.8) is 0 Å². The lowest BCUT2D eigenvalue weighted by atomic mass is 10.9. The van der Waals surface area contributed by atoms with E-state index in [0.717, 1.165) is 8.89 Å². The number of hydrogen-bond acceptors (Lipinski definition) is 3. The van der Waals surface area contributed by atoms with Gasteiger partial charge in [-0.1, -0.05) is 11.3 Å². The molecule has 0 spiro atoms. The highest BCUT2D eigenvalue weighted by molar-refractivity contribution is 14.1. The first-order valence-corrected chi connectivity index (χ1v) is 4.52. The van der Waals surface area contributed by atoms with Crippen LogP contribution in [-0.2, 0) is 0 Å². The maximum Gasteiger partial charge on any atom is 0.274 e. The number of aromatic nitrogens is 1. The molecule has 0 aliphatic rings. The lowest BCUT2D eigenvalue weighted by Crippen LogP contribution is -1.89. The Hall–Kier alpha value is 0.160. The van der Waals surface area contributed by atoms with Gasteiger partial charge in [0.2, 0.25) is 0 Å². The molecule has 0 atom stereocenters. The topological polar surface area (TPSA) is 22.1 Å². The second-order valence-electron chi connectivity index (χ2n) is 1.37. The highest BCUT2D eigenvalue weighted by atomic mass is 127. The van der Waals surface area contributed by atoms with Gasteiger partial charge in [-0.15, -0.1) is 0 Å². The molecule has 9 heavy (non-hydrogen) atoms. The first-order valence-electron chi connectivity index (χ1n) is 2.56. The Kier molecular flexibility index (Phi) is 2.71. The maximum atomic E-state index is 5.13. The predicted molar refractivity (Wildman–Crippen MR) is 46.0 cm³/mol. The van der Waals surface area contributed by atoms with Crippen molar-refractivity contribution in [2.45, 2.75) is 6.92 Å². The summed E-state index contributed by atoms with van der Waals surface area (Å²) in [6.07, 6.45) is 0. The quantitative estimate of drug-likeness (QED) is 0.755. The molecule has 0 aromatic carbocycles. The van der Waals surface area contributed by atoms with Crippen molar-refractivity contribution in [1.82, 2.24) is 4.98 Å². The fourth-order valence-corrected chi connectivity index (χ4v) is 1.78. The molecule has 0 aliphatic carbocycles. The van der Waals surface area contributed by atoms with Crippen molar-refractivity contribution in [2.75, 3.05) is 6.61 Å². The Morgan fingerprint density at radius 3 is 3.11 bits per heavy atom. The molecule has 1 aromatic heterocycles. The van der Waals surface area contributed by atoms with E-state index in [9.17, 15) is 0 Å². The van der Waals surface area contributed by atoms with E-state index in [4.69, 9.17) is 4.74 Å². The minimum Gasteiger partial charge on any atom is -0.470 e. The molecular weight excluding hydrogens is 249 g/mol. The molecule has 0 unspecified atom stereocenters. The summed E-state index contributed by atoms with van der Waals surface area (Å²) in [5.41, 5.74) is 0. The Balaban J connectivity index is 2.61. The Bertz CT molecular complexity index is 189. The molecule has 0 amide bonds. The van der Waals surface area contributed by atoms with Gasteiger partial charge in [-0.3, -0.25) is 0 Å². The Labute approximate surface area is 71.4 Å². The number of thiazole rings is 1. The number of ether oxygens (including phenoxy) is 1. The van der Waals surface area contributed by atoms with Gasteiger partial charge in [0.15, 0.2) is 0 Å². The summed E-state index contributed by atoms with van der Waals surface area (Å²) >= 11 is 3.69. The van der Waals surface area contributed by atoms with Crippen LogP contribution in [0.25, 0.3) is 0 Å². The van der Waals surface area contributed by atoms with Gasteiger partial charge in [-0.2, -0.15) is 4.98 Å². The third kappa shape index (κ3) is 2.09. The minimum atomic E-state index is 0.698. The highest BCUT2D eigenvalue weighted by Crippen LogP contribution is 2.18. The molecule has 1 rings (SSSR count). The van der Waals surface area contributed by atoms with Crippen LogP contribution in [0.1, 0.15) is 6.92 Å². The number of nitrogens with zero attached hydrogens (tertiary/aromatic N) is 1. The van der Waals surface area contributed by atoms with E-state index in [1.807, 2.05) is 12.3 Å². The second kappa shape index (κ2) is 3.36. The molecular formula is C5H6INOS. The summed E-state index contributed by atoms with van der Waals surface area (Å²) < 4.78 is 6.13. The molecule has 0 saturated heterocycles. The van der Waals surface area contributed by atoms with Crippen molar-refractivity contribution in [2.24, 2.45) is 0 Å². The van der Waals surface area contributed by atoms with Crippen molar-refractivity contribution in [1.29, 1.82) is 0 Å². The van der Waals surface area contributed by atoms with E-state index in [-0.39, 0.29) is 0 Å². The Morgan fingerprint density at radius 2 is 2.67 bits per heavy atom. The number of rotatable bonds is 2. The van der Waals surface area contributed by atoms with Crippen molar-refractivity contribution >= 4 is 33.9 Å². The lowest BCUT2D eigenvalue weighted by Gasteiger charge is -1.92. The molecule has 0 fully saturated rings. The zero-order chi connectivity index (χ0) is 6.69. The molecule has 0 radical (unpaired) electrons. The van der Waals surface area contributed by atoms with Crippen LogP contribution in [0.2, 0.25) is 0 Å². The smallest absolute Gasteiger partial charge is 0.274 e. The summed E-state index contributed by atoms with van der Waals surface area (Å²) in [7, 11) is 0. The third-order valence-corrected chi connectivity index (χ3v) is 2.45. The molecule has 4 heteroatoms. The first kappa shape index (κ1) is 7.27. The molecule has 50 valence electrons. The summed E-state index contributed by atoms with van der Waals surface area (Å²) in [5.74, 6) is 0. The summed E-state index contributed by atoms with van der Waals surface area (Å²) in [6, 6.07) is 0. The molecule has 1 heterocycles. The Morgan fingerprint density at radius 1 is 1.89 bits per heavy atom. The second-order valence-corrected chi connectivity index (χ2v) is 3.30. The van der Waals surface area contributed by atoms with Crippen LogP contribution in [0.4, 0.5) is 0 Å². The van der Waals surface area contributed by atoms with Crippen molar-refractivity contribution < 1.29 is 4.74 Å². The standard InChI is InChI=1S/C5H6INOS/c1-2-8-5-7-4(6)3-9-5/h3H,2H2,1H3. The van der Waals surface area contributed by atoms with Gasteiger partial charge in [-0.25, -0.2) is 0 Å². The maximum absolute atomic E-state index is 5.13. The fourth-order valence-electron chi connectivity index (χ4n) is 0.429. The molecule has 2 nitrogen and oxygen atoms in total. The zero-order valence-electron chi connectivity index (χ0n) is 4.93. The average Bonchev–Trinajstić information content (AvgIpc) is 2.17. The first-order chi connectivity index (χ1) is 4.33.